The van der Waals surface area contributed by atoms with Crippen LogP contribution in [0.15, 0.2) is 0 Å². The summed E-state index contributed by atoms with van der Waals surface area (Å²) in [6, 6.07) is 0. The second-order valence-corrected chi connectivity index (χ2v) is 17.1. The van der Waals surface area contributed by atoms with Crippen molar-refractivity contribution in [1.29, 1.82) is 0 Å². The second-order valence-electron chi connectivity index (χ2n) is 14.2. The highest BCUT2D eigenvalue weighted by atomic mass is 32.2. The summed E-state index contributed by atoms with van der Waals surface area (Å²) >= 11 is 0. The highest BCUT2D eigenvalue weighted by molar-refractivity contribution is 7.90. The van der Waals surface area contributed by atoms with Crippen LogP contribution < -0.4 is 0 Å². The molecule has 13 nitrogen and oxygen atoms in total. The van der Waals surface area contributed by atoms with E-state index in [0.717, 1.165) is 12.8 Å². The van der Waals surface area contributed by atoms with E-state index in [0.29, 0.717) is 38.5 Å². The molecule has 0 radical (unpaired) electrons. The highest BCUT2D eigenvalue weighted by Gasteiger charge is 2.66. The second kappa shape index (κ2) is 13.2. The molecule has 266 valence electrons. The first-order chi connectivity index (χ1) is 21.5. The van der Waals surface area contributed by atoms with E-state index in [2.05, 4.69) is 11.7 Å². The molecule has 0 saturated heterocycles. The Hall–Kier alpha value is -2.37. The van der Waals surface area contributed by atoms with E-state index in [1.165, 1.54) is 0 Å². The minimum Gasteiger partial charge on any atom is -0.466 e. The van der Waals surface area contributed by atoms with Gasteiger partial charge < -0.3 is 9.47 Å². The number of Topliss-reactive ketones (excluding diaryl/α,β-unsaturated/α-hetero) is 3. The Morgan fingerprint density at radius 3 is 2.26 bits per heavy atom. The van der Waals surface area contributed by atoms with Crippen LogP contribution in [-0.2, 0) is 53.7 Å². The lowest BCUT2D eigenvalue weighted by Crippen LogP contribution is -2.60. The van der Waals surface area contributed by atoms with Gasteiger partial charge >= 0.3 is 42.9 Å². The van der Waals surface area contributed by atoms with Gasteiger partial charge in [-0.25, -0.2) is 0 Å². The topological polar surface area (TPSA) is 213 Å². The van der Waals surface area contributed by atoms with Crippen LogP contribution in [0.5, 0.6) is 0 Å². The highest BCUT2D eigenvalue weighted by Crippen LogP contribution is 2.66. The number of hydrogen-bond donors (Lipinski definition) is 2. The first-order valence-electron chi connectivity index (χ1n) is 15.8. The molecule has 9 unspecified atom stereocenters. The summed E-state index contributed by atoms with van der Waals surface area (Å²) in [6.07, 6.45) is 2.89. The zero-order chi connectivity index (χ0) is 35.3. The summed E-state index contributed by atoms with van der Waals surface area (Å²) in [5, 5.41) is -5.55. The maximum Gasteiger partial charge on any atom is 0.422 e. The van der Waals surface area contributed by atoms with Crippen molar-refractivity contribution in [2.45, 2.75) is 102 Å². The molecule has 4 saturated carbocycles. The molecule has 9 atom stereocenters. The number of esters is 2. The molecule has 4 fully saturated rings. The number of ketones is 3. The Bertz CT molecular complexity index is 1530. The molecule has 4 aliphatic rings. The van der Waals surface area contributed by atoms with Crippen LogP contribution in [0.4, 0.5) is 8.78 Å². The van der Waals surface area contributed by atoms with Gasteiger partial charge in [0.25, 0.3) is 0 Å². The number of alkyl halides is 2. The lowest BCUT2D eigenvalue weighted by molar-refractivity contribution is -0.166. The Morgan fingerprint density at radius 2 is 1.64 bits per heavy atom. The van der Waals surface area contributed by atoms with Gasteiger partial charge in [0.1, 0.15) is 17.3 Å². The number of ether oxygens (including phenoxy) is 2. The predicted molar refractivity (Wildman–Crippen MR) is 158 cm³/mol. The quantitative estimate of drug-likeness (QED) is 0.169. The Morgan fingerprint density at radius 1 is 0.979 bits per heavy atom. The molecule has 4 rings (SSSR count). The molecule has 4 aliphatic carbocycles. The van der Waals surface area contributed by atoms with E-state index in [-0.39, 0.29) is 71.1 Å². The van der Waals surface area contributed by atoms with E-state index in [4.69, 9.17) is 13.8 Å². The molecule has 47 heavy (non-hydrogen) atoms. The Kier molecular flexibility index (Phi) is 10.5. The van der Waals surface area contributed by atoms with Crippen molar-refractivity contribution in [3.8, 4) is 0 Å². The fourth-order valence-corrected chi connectivity index (χ4v) is 10.6. The molecule has 0 heterocycles. The third kappa shape index (κ3) is 7.04. The fourth-order valence-electron chi connectivity index (χ4n) is 9.01. The monoisotopic (exact) mass is 712 g/mol. The van der Waals surface area contributed by atoms with E-state index < -0.39 is 61.3 Å². The van der Waals surface area contributed by atoms with Crippen LogP contribution in [0.25, 0.3) is 0 Å². The molecule has 0 aliphatic heterocycles. The van der Waals surface area contributed by atoms with E-state index in [1.54, 1.807) is 0 Å². The summed E-state index contributed by atoms with van der Waals surface area (Å²) < 4.78 is 98.0. The van der Waals surface area contributed by atoms with Crippen LogP contribution in [0, 0.1) is 46.3 Å². The van der Waals surface area contributed by atoms with Crippen LogP contribution >= 0.6 is 0 Å². The number of carbonyl (C=O) groups excluding carboxylic acids is 5. The van der Waals surface area contributed by atoms with Gasteiger partial charge in [-0.15, -0.1) is 0 Å². The van der Waals surface area contributed by atoms with E-state index >= 15 is 0 Å². The number of rotatable bonds is 12. The van der Waals surface area contributed by atoms with Gasteiger partial charge in [-0.05, 0) is 67.1 Å². The van der Waals surface area contributed by atoms with Gasteiger partial charge in [-0.1, -0.05) is 20.8 Å². The van der Waals surface area contributed by atoms with Gasteiger partial charge in [-0.3, -0.25) is 33.1 Å². The molecule has 2 N–H and O–H groups in total. The Balaban J connectivity index is 1.28. The van der Waals surface area contributed by atoms with Crippen molar-refractivity contribution in [3.63, 3.8) is 0 Å². The predicted octanol–water partition coefficient (Wildman–Crippen LogP) is 3.55. The minimum absolute atomic E-state index is 0.0223. The SMILES string of the molecule is CC(CCC(=O)OCCCC(=O)OC(C(F)(F)S(=O)(=O)O)S(=O)(=O)O)C1CCC2C3C(=O)CC4CC(=O)CCC4(C)C3CC(=O)C12C. The van der Waals surface area contributed by atoms with Crippen LogP contribution in [0.1, 0.15) is 91.4 Å². The van der Waals surface area contributed by atoms with Crippen molar-refractivity contribution in [2.24, 2.45) is 46.3 Å². The minimum atomic E-state index is -6.38. The third-order valence-electron chi connectivity index (χ3n) is 11.6. The standard InChI is InChI=1S/C30H42F2O13S2/c1-16(6-9-24(36)44-12-4-5-25(37)45-27(46(38,39)40)30(31,32)47(41,42)43)19-7-8-20-26-21(15-23(35)29(19,20)3)28(2)11-10-18(33)13-17(28)14-22(26)34/h16-17,19-21,26-27H,4-15H2,1-3H3,(H,38,39,40)(H,41,42,43). The van der Waals surface area contributed by atoms with Crippen LogP contribution in [-0.4, -0.2) is 72.5 Å². The largest absolute Gasteiger partial charge is 0.466 e. The van der Waals surface area contributed by atoms with Crippen molar-refractivity contribution < 1.29 is 68.2 Å². The van der Waals surface area contributed by atoms with Gasteiger partial charge in [0.05, 0.1) is 6.61 Å². The summed E-state index contributed by atoms with van der Waals surface area (Å²) in [5.74, 6) is -2.43. The number of halogens is 2. The molecule has 0 aromatic carbocycles. The normalized spacial score (nSPS) is 34.1. The molecule has 17 heteroatoms. The van der Waals surface area contributed by atoms with Crippen LogP contribution in [0.3, 0.4) is 0 Å². The summed E-state index contributed by atoms with van der Waals surface area (Å²) in [7, 11) is -12.3. The molecular formula is C30H42F2O13S2. The van der Waals surface area contributed by atoms with E-state index in [9.17, 15) is 49.6 Å². The maximum absolute atomic E-state index is 13.9. The lowest BCUT2D eigenvalue weighted by Gasteiger charge is -2.58. The molecule has 0 bridgehead atoms. The Labute approximate surface area is 272 Å². The van der Waals surface area contributed by atoms with Crippen molar-refractivity contribution in [3.05, 3.63) is 0 Å². The van der Waals surface area contributed by atoms with Crippen molar-refractivity contribution >= 4 is 49.5 Å². The van der Waals surface area contributed by atoms with Gasteiger partial charge in [0, 0.05) is 49.9 Å². The average Bonchev–Trinajstić information content (AvgIpc) is 3.31. The first kappa shape index (κ1) is 37.4. The van der Waals surface area contributed by atoms with E-state index in [1.807, 2.05) is 13.8 Å². The van der Waals surface area contributed by atoms with Gasteiger partial charge in [0.2, 0.25) is 0 Å². The van der Waals surface area contributed by atoms with Gasteiger partial charge in [0.15, 0.2) is 0 Å². The molecule has 0 amide bonds. The number of hydrogen-bond acceptors (Lipinski definition) is 11. The zero-order valence-corrected chi connectivity index (χ0v) is 28.1. The smallest absolute Gasteiger partial charge is 0.422 e. The zero-order valence-electron chi connectivity index (χ0n) is 26.5. The molecule has 0 spiro atoms. The number of carbonyl (C=O) groups is 5. The summed E-state index contributed by atoms with van der Waals surface area (Å²) in [4.78, 5) is 63.9. The van der Waals surface area contributed by atoms with Crippen molar-refractivity contribution in [2.75, 3.05) is 6.61 Å². The molecule has 0 aromatic rings. The fraction of sp³-hybridized carbons (Fsp3) is 0.833. The van der Waals surface area contributed by atoms with Crippen molar-refractivity contribution in [1.82, 2.24) is 0 Å². The molecule has 0 aromatic heterocycles. The lowest BCUT2D eigenvalue weighted by atomic mass is 9.44. The summed E-state index contributed by atoms with van der Waals surface area (Å²) in [6.45, 7) is 5.65. The van der Waals surface area contributed by atoms with Gasteiger partial charge in [-0.2, -0.15) is 25.6 Å². The summed E-state index contributed by atoms with van der Waals surface area (Å²) in [5.41, 5.74) is -4.85. The van der Waals surface area contributed by atoms with Crippen LogP contribution in [0.2, 0.25) is 0 Å². The molecular weight excluding hydrogens is 670 g/mol. The third-order valence-corrected chi connectivity index (χ3v) is 13.6. The maximum atomic E-state index is 13.9. The first-order valence-corrected chi connectivity index (χ1v) is 18.7. The number of fused-ring (bicyclic) bond motifs is 5. The average molecular weight is 713 g/mol.